The van der Waals surface area contributed by atoms with Crippen LogP contribution in [0.15, 0.2) is 91.6 Å². The fourth-order valence-electron chi connectivity index (χ4n) is 5.30. The number of rotatable bonds is 6. The van der Waals surface area contributed by atoms with Crippen LogP contribution in [-0.4, -0.2) is 14.2 Å². The molecule has 0 aliphatic heterocycles. The Bertz CT molecular complexity index is 1380. The highest BCUT2D eigenvalue weighted by molar-refractivity contribution is 6.30. The SMILES string of the molecule is COc1c([C@H]2[C@H](c3ccc(Cl)cc3)[C@@H](c3ccc(Cl)cc3)[C@@H]2c2occc(=O)c2OC)occc1=O. The van der Waals surface area contributed by atoms with E-state index in [1.807, 2.05) is 48.5 Å². The zero-order valence-corrected chi connectivity index (χ0v) is 21.0. The number of hydrogen-bond donors (Lipinski definition) is 0. The molecule has 0 radical (unpaired) electrons. The van der Waals surface area contributed by atoms with Crippen molar-refractivity contribution in [3.63, 3.8) is 0 Å². The van der Waals surface area contributed by atoms with Crippen molar-refractivity contribution in [2.45, 2.75) is 23.7 Å². The molecule has 4 aromatic rings. The molecule has 0 N–H and O–H groups in total. The summed E-state index contributed by atoms with van der Waals surface area (Å²) in [6.45, 7) is 0. The molecule has 4 atom stereocenters. The lowest BCUT2D eigenvalue weighted by molar-refractivity contribution is 0.160. The van der Waals surface area contributed by atoms with E-state index in [4.69, 9.17) is 41.5 Å². The van der Waals surface area contributed by atoms with Crippen molar-refractivity contribution in [2.24, 2.45) is 0 Å². The zero-order valence-electron chi connectivity index (χ0n) is 19.4. The number of methoxy groups -OCH3 is 2. The summed E-state index contributed by atoms with van der Waals surface area (Å²) in [7, 11) is 2.86. The Morgan fingerprint density at radius 2 is 0.944 bits per heavy atom. The van der Waals surface area contributed by atoms with Gasteiger partial charge in [0.1, 0.15) is 0 Å². The lowest BCUT2D eigenvalue weighted by Gasteiger charge is -2.51. The molecule has 2 aromatic heterocycles. The average Bonchev–Trinajstić information content (AvgIpc) is 2.86. The minimum absolute atomic E-state index is 0.110. The molecule has 8 heteroatoms. The highest BCUT2D eigenvalue weighted by Gasteiger charge is 2.57. The Kier molecular flexibility index (Phi) is 6.65. The molecule has 1 saturated carbocycles. The molecule has 1 aliphatic rings. The van der Waals surface area contributed by atoms with E-state index in [2.05, 4.69) is 0 Å². The molecule has 2 aromatic carbocycles. The Labute approximate surface area is 217 Å². The Hall–Kier alpha value is -3.48. The summed E-state index contributed by atoms with van der Waals surface area (Å²) in [5.74, 6) is -0.240. The second kappa shape index (κ2) is 9.88. The summed E-state index contributed by atoms with van der Waals surface area (Å²) >= 11 is 12.4. The van der Waals surface area contributed by atoms with E-state index in [9.17, 15) is 9.59 Å². The molecule has 0 unspecified atom stereocenters. The molecule has 184 valence electrons. The lowest BCUT2D eigenvalue weighted by Crippen LogP contribution is -2.41. The number of hydrogen-bond acceptors (Lipinski definition) is 6. The van der Waals surface area contributed by atoms with Crippen LogP contribution in [0.2, 0.25) is 10.0 Å². The highest BCUT2D eigenvalue weighted by Crippen LogP contribution is 2.68. The maximum Gasteiger partial charge on any atom is 0.227 e. The molecule has 0 bridgehead atoms. The summed E-state index contributed by atoms with van der Waals surface area (Å²) in [5.41, 5.74) is 1.35. The first kappa shape index (κ1) is 24.2. The summed E-state index contributed by atoms with van der Waals surface area (Å²) in [4.78, 5) is 25.4. The fraction of sp³-hybridized carbons (Fsp3) is 0.214. The van der Waals surface area contributed by atoms with Crippen LogP contribution in [0.5, 0.6) is 11.5 Å². The van der Waals surface area contributed by atoms with Crippen molar-refractivity contribution in [2.75, 3.05) is 14.2 Å². The van der Waals surface area contributed by atoms with Crippen LogP contribution in [0, 0.1) is 0 Å². The molecule has 0 amide bonds. The summed E-state index contributed by atoms with van der Waals surface area (Å²) in [6.07, 6.45) is 2.70. The molecule has 1 fully saturated rings. The predicted octanol–water partition coefficient (Wildman–Crippen LogP) is 6.37. The van der Waals surface area contributed by atoms with Crippen molar-refractivity contribution in [1.29, 1.82) is 0 Å². The van der Waals surface area contributed by atoms with Crippen LogP contribution in [0.1, 0.15) is 46.3 Å². The number of benzene rings is 2. The van der Waals surface area contributed by atoms with E-state index < -0.39 is 11.8 Å². The molecule has 0 spiro atoms. The van der Waals surface area contributed by atoms with Crippen LogP contribution >= 0.6 is 23.2 Å². The van der Waals surface area contributed by atoms with Gasteiger partial charge in [-0.3, -0.25) is 9.59 Å². The Morgan fingerprint density at radius 1 is 0.583 bits per heavy atom. The third-order valence-corrected chi connectivity index (χ3v) is 7.30. The van der Waals surface area contributed by atoms with Crippen molar-refractivity contribution >= 4 is 23.2 Å². The average molecular weight is 525 g/mol. The van der Waals surface area contributed by atoms with Crippen LogP contribution < -0.4 is 20.3 Å². The van der Waals surface area contributed by atoms with Gasteiger partial charge in [0.2, 0.25) is 22.4 Å². The molecule has 0 saturated heterocycles. The Morgan fingerprint density at radius 3 is 1.28 bits per heavy atom. The summed E-state index contributed by atoms with van der Waals surface area (Å²) < 4.78 is 22.8. The quantitative estimate of drug-likeness (QED) is 0.291. The first-order valence-corrected chi connectivity index (χ1v) is 12.0. The molecule has 2 heterocycles. The minimum Gasteiger partial charge on any atom is -0.490 e. The van der Waals surface area contributed by atoms with E-state index in [0.717, 1.165) is 11.1 Å². The standard InChI is InChI=1S/C28H22Cl2O6/c1-33-25-19(31)11-13-35-27(25)23-21(15-3-7-17(29)8-4-15)22(16-5-9-18(30)10-6-16)24(23)28-26(34-2)20(32)12-14-36-28/h3-14,21-24H,1-2H3/t21-,22-,23+,24+/m1/s1. The minimum atomic E-state index is -0.421. The van der Waals surface area contributed by atoms with Gasteiger partial charge in [-0.15, -0.1) is 0 Å². The van der Waals surface area contributed by atoms with Crippen molar-refractivity contribution in [3.8, 4) is 11.5 Å². The Balaban J connectivity index is 1.79. The van der Waals surface area contributed by atoms with Crippen molar-refractivity contribution in [3.05, 3.63) is 126 Å². The first-order valence-electron chi connectivity index (χ1n) is 11.3. The van der Waals surface area contributed by atoms with E-state index in [1.54, 1.807) is 0 Å². The maximum atomic E-state index is 12.7. The van der Waals surface area contributed by atoms with Gasteiger partial charge in [-0.05, 0) is 35.4 Å². The normalized spacial score (nSPS) is 21.0. The molecule has 5 rings (SSSR count). The zero-order chi connectivity index (χ0) is 25.4. The number of ether oxygens (including phenoxy) is 2. The van der Waals surface area contributed by atoms with Gasteiger partial charge in [0.05, 0.1) is 26.7 Å². The van der Waals surface area contributed by atoms with E-state index in [0.29, 0.717) is 21.6 Å². The molecule has 6 nitrogen and oxygen atoms in total. The molecule has 36 heavy (non-hydrogen) atoms. The maximum absolute atomic E-state index is 12.7. The van der Waals surface area contributed by atoms with Crippen LogP contribution in [0.25, 0.3) is 0 Å². The van der Waals surface area contributed by atoms with Gasteiger partial charge >= 0.3 is 0 Å². The number of halogens is 2. The highest BCUT2D eigenvalue weighted by atomic mass is 35.5. The molecular weight excluding hydrogens is 503 g/mol. The second-order valence-electron chi connectivity index (χ2n) is 8.57. The van der Waals surface area contributed by atoms with Gasteiger partial charge in [0, 0.05) is 45.8 Å². The topological polar surface area (TPSA) is 78.9 Å². The van der Waals surface area contributed by atoms with Crippen LogP contribution in [0.3, 0.4) is 0 Å². The monoisotopic (exact) mass is 524 g/mol. The largest absolute Gasteiger partial charge is 0.490 e. The van der Waals surface area contributed by atoms with Crippen molar-refractivity contribution < 1.29 is 18.3 Å². The molecule has 1 aliphatic carbocycles. The van der Waals surface area contributed by atoms with Gasteiger partial charge in [0.15, 0.2) is 11.5 Å². The van der Waals surface area contributed by atoms with Gasteiger partial charge in [-0.1, -0.05) is 47.5 Å². The van der Waals surface area contributed by atoms with Crippen LogP contribution in [-0.2, 0) is 0 Å². The van der Waals surface area contributed by atoms with Gasteiger partial charge in [-0.2, -0.15) is 0 Å². The third kappa shape index (κ3) is 4.10. The van der Waals surface area contributed by atoms with Crippen molar-refractivity contribution in [1.82, 2.24) is 0 Å². The second-order valence-corrected chi connectivity index (χ2v) is 9.44. The smallest absolute Gasteiger partial charge is 0.227 e. The summed E-state index contributed by atoms with van der Waals surface area (Å²) in [6, 6.07) is 17.7. The van der Waals surface area contributed by atoms with E-state index in [1.165, 1.54) is 38.9 Å². The van der Waals surface area contributed by atoms with E-state index >= 15 is 0 Å². The van der Waals surface area contributed by atoms with Gasteiger partial charge in [-0.25, -0.2) is 0 Å². The lowest BCUT2D eigenvalue weighted by atomic mass is 9.51. The van der Waals surface area contributed by atoms with Crippen LogP contribution in [0.4, 0.5) is 0 Å². The van der Waals surface area contributed by atoms with Gasteiger partial charge < -0.3 is 18.3 Å². The first-order chi connectivity index (χ1) is 17.4. The van der Waals surface area contributed by atoms with E-state index in [-0.39, 0.29) is 34.2 Å². The fourth-order valence-corrected chi connectivity index (χ4v) is 5.55. The van der Waals surface area contributed by atoms with Gasteiger partial charge in [0.25, 0.3) is 0 Å². The third-order valence-electron chi connectivity index (χ3n) is 6.80. The molecular formula is C28H22Cl2O6. The summed E-state index contributed by atoms with van der Waals surface area (Å²) in [5, 5.41) is 1.21. The predicted molar refractivity (Wildman–Crippen MR) is 137 cm³/mol.